The molecule has 5 heterocycles. The summed E-state index contributed by atoms with van der Waals surface area (Å²) in [7, 11) is 0. The van der Waals surface area contributed by atoms with Gasteiger partial charge in [0.15, 0.2) is 17.2 Å². The molecule has 9 aromatic rings. The third-order valence-corrected chi connectivity index (χ3v) is 11.6. The van der Waals surface area contributed by atoms with E-state index in [-0.39, 0.29) is 0 Å². The lowest BCUT2D eigenvalue weighted by molar-refractivity contribution is 0.436. The van der Waals surface area contributed by atoms with E-state index in [2.05, 4.69) is 81.0 Å². The number of rotatable bonds is 2. The number of nitriles is 1. The molecule has 264 valence electrons. The van der Waals surface area contributed by atoms with Crippen LogP contribution in [0, 0.1) is 17.9 Å². The lowest BCUT2D eigenvalue weighted by Crippen LogP contribution is -2.32. The largest absolute Gasteiger partial charge is 0.457 e. The van der Waals surface area contributed by atoms with Crippen LogP contribution >= 0.6 is 0 Å². The number of pyridine rings is 2. The zero-order valence-electron chi connectivity index (χ0n) is 30.0. The molecule has 3 aliphatic rings. The molecule has 12 rings (SSSR count). The molecule has 0 N–H and O–H groups in total. The summed E-state index contributed by atoms with van der Waals surface area (Å²) in [5.41, 5.74) is 11.7. The molecule has 0 saturated carbocycles. The average molecular weight is 731 g/mol. The molecule has 0 fully saturated rings. The van der Waals surface area contributed by atoms with Crippen molar-refractivity contribution >= 4 is 44.6 Å². The van der Waals surface area contributed by atoms with E-state index < -0.39 is 5.41 Å². The molecule has 57 heavy (non-hydrogen) atoms. The minimum absolute atomic E-state index is 0.520. The van der Waals surface area contributed by atoms with Crippen LogP contribution in [0.5, 0.6) is 23.0 Å². The van der Waals surface area contributed by atoms with Crippen LogP contribution in [0.3, 0.4) is 0 Å². The highest BCUT2D eigenvalue weighted by molar-refractivity contribution is 6.10. The van der Waals surface area contributed by atoms with Gasteiger partial charge in [-0.05, 0) is 83.2 Å². The van der Waals surface area contributed by atoms with Gasteiger partial charge in [0, 0.05) is 52.8 Å². The van der Waals surface area contributed by atoms with Gasteiger partial charge in [0.05, 0.1) is 63.1 Å². The van der Waals surface area contributed by atoms with Crippen molar-refractivity contribution in [2.45, 2.75) is 5.41 Å². The fourth-order valence-electron chi connectivity index (χ4n) is 9.28. The van der Waals surface area contributed by atoms with Crippen molar-refractivity contribution in [2.24, 2.45) is 0 Å². The van der Waals surface area contributed by atoms with Crippen molar-refractivity contribution in [2.75, 3.05) is 4.90 Å². The van der Waals surface area contributed by atoms with Crippen molar-refractivity contribution in [3.05, 3.63) is 197 Å². The van der Waals surface area contributed by atoms with Crippen LogP contribution in [0.1, 0.15) is 27.8 Å². The molecule has 0 atom stereocenters. The topological polar surface area (TPSA) is 80.6 Å². The number of ether oxygens (including phenoxy) is 2. The zero-order chi connectivity index (χ0) is 37.8. The Hall–Kier alpha value is -8.20. The number of nitrogens with zero attached hydrogens (tertiary/aromatic N) is 6. The number of benzene rings is 6. The predicted octanol–water partition coefficient (Wildman–Crippen LogP) is 12.0. The summed E-state index contributed by atoms with van der Waals surface area (Å²) in [4.78, 5) is 15.7. The summed E-state index contributed by atoms with van der Waals surface area (Å²) in [5.74, 6) is 2.71. The number of para-hydroxylation sites is 3. The highest BCUT2D eigenvalue weighted by Gasteiger charge is 2.52. The monoisotopic (exact) mass is 730 g/mol. The second-order valence-corrected chi connectivity index (χ2v) is 14.4. The third kappa shape index (κ3) is 4.13. The summed E-state index contributed by atoms with van der Waals surface area (Å²) in [6, 6.07) is 51.1. The summed E-state index contributed by atoms with van der Waals surface area (Å²) >= 11 is 0. The average Bonchev–Trinajstić information content (AvgIpc) is 3.75. The summed E-state index contributed by atoms with van der Waals surface area (Å²) in [5, 5.41) is 11.8. The standard InChI is InChI=1S/C49H26N6O2/c1-51-30-15-21-40-34(25-30)33-8-2-3-11-39(33)54(40)31-16-18-35-44(26-31)57-45-27-32(55-41-12-4-5-13-43(41)56-46-24-29(28-50)14-20-42(46)55)17-19-36(45)49(35)37-9-6-22-52-47(37)48-38(49)10-7-23-53-48/h2-27H. The molecule has 0 bridgehead atoms. The predicted molar refractivity (Wildman–Crippen MR) is 219 cm³/mol. The van der Waals surface area contributed by atoms with Gasteiger partial charge >= 0.3 is 0 Å². The number of fused-ring (bicyclic) bond motifs is 14. The summed E-state index contributed by atoms with van der Waals surface area (Å²) in [6.45, 7) is 7.69. The molecule has 1 spiro atoms. The Bertz CT molecular complexity index is 3270. The second kappa shape index (κ2) is 11.4. The maximum atomic E-state index is 9.72. The van der Waals surface area contributed by atoms with Crippen molar-refractivity contribution < 1.29 is 9.47 Å². The van der Waals surface area contributed by atoms with E-state index in [1.165, 1.54) is 0 Å². The molecule has 0 radical (unpaired) electrons. The van der Waals surface area contributed by atoms with Gasteiger partial charge in [-0.15, -0.1) is 0 Å². The lowest BCUT2D eigenvalue weighted by Gasteiger charge is -2.40. The Balaban J connectivity index is 1.12. The van der Waals surface area contributed by atoms with Gasteiger partial charge in [-0.1, -0.05) is 60.7 Å². The van der Waals surface area contributed by atoms with Crippen LogP contribution in [-0.4, -0.2) is 14.5 Å². The van der Waals surface area contributed by atoms with E-state index in [1.54, 1.807) is 6.07 Å². The molecular weight excluding hydrogens is 705 g/mol. The Labute approximate surface area is 326 Å². The van der Waals surface area contributed by atoms with E-state index in [1.807, 2.05) is 91.3 Å². The van der Waals surface area contributed by atoms with Gasteiger partial charge in [0.1, 0.15) is 11.5 Å². The smallest absolute Gasteiger partial charge is 0.188 e. The van der Waals surface area contributed by atoms with Crippen molar-refractivity contribution in [1.29, 1.82) is 5.26 Å². The molecule has 8 heteroatoms. The van der Waals surface area contributed by atoms with Gasteiger partial charge in [-0.3, -0.25) is 9.97 Å². The fourth-order valence-corrected chi connectivity index (χ4v) is 9.28. The first-order chi connectivity index (χ1) is 28.1. The summed E-state index contributed by atoms with van der Waals surface area (Å²) in [6.07, 6.45) is 3.66. The van der Waals surface area contributed by atoms with Crippen molar-refractivity contribution in [3.8, 4) is 46.1 Å². The van der Waals surface area contributed by atoms with E-state index in [9.17, 15) is 5.26 Å². The van der Waals surface area contributed by atoms with Crippen LogP contribution in [0.2, 0.25) is 0 Å². The normalized spacial score (nSPS) is 13.6. The number of hydrogen-bond acceptors (Lipinski definition) is 6. The maximum Gasteiger partial charge on any atom is 0.188 e. The molecular formula is C49H26N6O2. The second-order valence-electron chi connectivity index (χ2n) is 14.4. The van der Waals surface area contributed by atoms with E-state index in [0.29, 0.717) is 34.2 Å². The molecule has 1 aliphatic carbocycles. The van der Waals surface area contributed by atoms with Crippen LogP contribution < -0.4 is 14.4 Å². The number of anilines is 3. The molecule has 0 unspecified atom stereocenters. The van der Waals surface area contributed by atoms with Crippen LogP contribution in [-0.2, 0) is 5.41 Å². The Morgan fingerprint density at radius 1 is 0.561 bits per heavy atom. The van der Waals surface area contributed by atoms with Gasteiger partial charge in [-0.2, -0.15) is 5.26 Å². The van der Waals surface area contributed by atoms with Gasteiger partial charge < -0.3 is 18.9 Å². The van der Waals surface area contributed by atoms with E-state index >= 15 is 0 Å². The first-order valence-electron chi connectivity index (χ1n) is 18.6. The minimum atomic E-state index is -0.777. The number of aromatic nitrogens is 3. The number of hydrogen-bond donors (Lipinski definition) is 0. The Kier molecular flexibility index (Phi) is 6.24. The van der Waals surface area contributed by atoms with Crippen LogP contribution in [0.4, 0.5) is 22.7 Å². The van der Waals surface area contributed by atoms with Crippen LogP contribution in [0.25, 0.3) is 43.7 Å². The molecule has 0 amide bonds. The highest BCUT2D eigenvalue weighted by atomic mass is 16.5. The molecule has 2 aliphatic heterocycles. The molecule has 6 aromatic carbocycles. The minimum Gasteiger partial charge on any atom is -0.457 e. The molecule has 0 saturated heterocycles. The van der Waals surface area contributed by atoms with Crippen molar-refractivity contribution in [3.63, 3.8) is 0 Å². The van der Waals surface area contributed by atoms with E-state index in [0.717, 1.165) is 78.2 Å². The van der Waals surface area contributed by atoms with Gasteiger partial charge in [0.2, 0.25) is 0 Å². The molecule has 3 aromatic heterocycles. The maximum absolute atomic E-state index is 9.72. The first kappa shape index (κ1) is 31.2. The Morgan fingerprint density at radius 3 is 2.00 bits per heavy atom. The molecule has 8 nitrogen and oxygen atoms in total. The fraction of sp³-hybridized carbons (Fsp3) is 0.0204. The summed E-state index contributed by atoms with van der Waals surface area (Å²) < 4.78 is 15.7. The van der Waals surface area contributed by atoms with Gasteiger partial charge in [0.25, 0.3) is 0 Å². The quantitative estimate of drug-likeness (QED) is 0.165. The van der Waals surface area contributed by atoms with Crippen LogP contribution in [0.15, 0.2) is 158 Å². The van der Waals surface area contributed by atoms with Crippen molar-refractivity contribution in [1.82, 2.24) is 14.5 Å². The van der Waals surface area contributed by atoms with E-state index in [4.69, 9.17) is 26.0 Å². The lowest BCUT2D eigenvalue weighted by atomic mass is 9.66. The zero-order valence-corrected chi connectivity index (χ0v) is 30.0. The SMILES string of the molecule is [C-]#[N+]c1ccc2c(c1)c1ccccc1n2-c1ccc2c(c1)Oc1cc(N3c4ccccc4Oc4cc(C#N)ccc43)ccc1C21c2cccnc2-c2ncccc21. The van der Waals surface area contributed by atoms with Gasteiger partial charge in [-0.25, -0.2) is 4.85 Å². The highest BCUT2D eigenvalue weighted by Crippen LogP contribution is 2.62. The Morgan fingerprint density at radius 2 is 1.23 bits per heavy atom. The third-order valence-electron chi connectivity index (χ3n) is 11.6. The first-order valence-corrected chi connectivity index (χ1v) is 18.6.